The highest BCUT2D eigenvalue weighted by Crippen LogP contribution is 2.32. The van der Waals surface area contributed by atoms with Gasteiger partial charge in [-0.15, -0.1) is 0 Å². The number of esters is 1. The first-order valence-electron chi connectivity index (χ1n) is 7.76. The van der Waals surface area contributed by atoms with Gasteiger partial charge in [-0.3, -0.25) is 4.79 Å². The minimum atomic E-state index is -0.599. The highest BCUT2D eigenvalue weighted by Gasteiger charge is 2.32. The van der Waals surface area contributed by atoms with Crippen LogP contribution in [0.4, 0.5) is 4.39 Å². The number of amides is 1. The molecule has 0 atom stereocenters. The van der Waals surface area contributed by atoms with Crippen LogP contribution in [-0.4, -0.2) is 30.4 Å². The molecular weight excluding hydrogens is 401 g/mol. The fourth-order valence-electron chi connectivity index (χ4n) is 2.79. The van der Waals surface area contributed by atoms with Crippen LogP contribution in [0.25, 0.3) is 11.8 Å². The summed E-state index contributed by atoms with van der Waals surface area (Å²) in [5, 5.41) is 0. The van der Waals surface area contributed by atoms with Gasteiger partial charge in [0, 0.05) is 21.3 Å². The summed E-state index contributed by atoms with van der Waals surface area (Å²) < 4.78 is 19.0. The number of carbonyl (C=O) groups excluding carboxylic acids is 2. The van der Waals surface area contributed by atoms with E-state index in [0.717, 1.165) is 5.56 Å². The van der Waals surface area contributed by atoms with Gasteiger partial charge < -0.3 is 9.64 Å². The van der Waals surface area contributed by atoms with Gasteiger partial charge in [0.1, 0.15) is 5.82 Å². The fourth-order valence-corrected chi connectivity index (χ4v) is 3.15. The van der Waals surface area contributed by atoms with E-state index >= 15 is 0 Å². The maximum absolute atomic E-state index is 13.5. The summed E-state index contributed by atoms with van der Waals surface area (Å²) in [4.78, 5) is 26.3. The van der Waals surface area contributed by atoms with Crippen molar-refractivity contribution in [2.45, 2.75) is 0 Å². The van der Waals surface area contributed by atoms with Gasteiger partial charge in [-0.2, -0.15) is 0 Å². The Labute approximate surface area is 158 Å². The topological polar surface area (TPSA) is 46.6 Å². The summed E-state index contributed by atoms with van der Waals surface area (Å²) in [6.45, 7) is 3.93. The second-order valence-electron chi connectivity index (χ2n) is 5.71. The molecule has 132 valence electrons. The zero-order chi connectivity index (χ0) is 18.8. The molecular formula is C20H15BrFNO3. The highest BCUT2D eigenvalue weighted by molar-refractivity contribution is 9.10. The number of rotatable bonds is 4. The zero-order valence-corrected chi connectivity index (χ0v) is 15.5. The Balaban J connectivity index is 1.97. The van der Waals surface area contributed by atoms with Crippen molar-refractivity contribution in [2.24, 2.45) is 0 Å². The van der Waals surface area contributed by atoms with Gasteiger partial charge in [-0.25, -0.2) is 9.18 Å². The number of halogens is 2. The lowest BCUT2D eigenvalue weighted by atomic mass is 10.1. The van der Waals surface area contributed by atoms with Crippen molar-refractivity contribution in [1.82, 2.24) is 4.90 Å². The van der Waals surface area contributed by atoms with Crippen LogP contribution >= 0.6 is 15.9 Å². The van der Waals surface area contributed by atoms with Gasteiger partial charge in [-0.05, 0) is 35.9 Å². The van der Waals surface area contributed by atoms with E-state index in [0.29, 0.717) is 21.3 Å². The Morgan fingerprint density at radius 3 is 2.62 bits per heavy atom. The summed E-state index contributed by atoms with van der Waals surface area (Å²) in [5.41, 5.74) is 2.46. The summed E-state index contributed by atoms with van der Waals surface area (Å²) in [7, 11) is 1.26. The Morgan fingerprint density at radius 2 is 1.96 bits per heavy atom. The number of ether oxygens (including phenoxy) is 1. The Kier molecular flexibility index (Phi) is 5.04. The van der Waals surface area contributed by atoms with Crippen LogP contribution in [0.2, 0.25) is 0 Å². The average molecular weight is 416 g/mol. The van der Waals surface area contributed by atoms with Crippen molar-refractivity contribution in [3.8, 4) is 0 Å². The standard InChI is InChI=1S/C20H15BrFNO3/c1-12-16-5-3-4-6-17(16)19(24)23(12)11-14(20(25)26-2)9-13-10-15(22)7-8-18(13)21/h3-10H,1,11H2,2H3/b14-9+. The molecule has 0 radical (unpaired) electrons. The molecule has 4 nitrogen and oxygen atoms in total. The predicted molar refractivity (Wildman–Crippen MR) is 101 cm³/mol. The van der Waals surface area contributed by atoms with Crippen LogP contribution in [0.3, 0.4) is 0 Å². The smallest absolute Gasteiger partial charge is 0.335 e. The summed E-state index contributed by atoms with van der Waals surface area (Å²) in [6.07, 6.45) is 1.50. The lowest BCUT2D eigenvalue weighted by Crippen LogP contribution is -2.28. The normalized spacial score (nSPS) is 13.8. The SMILES string of the molecule is C=C1c2ccccc2C(=O)N1C/C(=C\c1cc(F)ccc1Br)C(=O)OC. The molecule has 1 heterocycles. The van der Waals surface area contributed by atoms with Crippen LogP contribution < -0.4 is 0 Å². The molecule has 0 fully saturated rings. The summed E-state index contributed by atoms with van der Waals surface area (Å²) >= 11 is 3.33. The molecule has 0 unspecified atom stereocenters. The third kappa shape index (κ3) is 3.32. The van der Waals surface area contributed by atoms with Crippen molar-refractivity contribution in [1.29, 1.82) is 0 Å². The molecule has 0 aromatic heterocycles. The minimum absolute atomic E-state index is 0.0258. The van der Waals surface area contributed by atoms with Gasteiger partial charge in [0.05, 0.1) is 19.2 Å². The first kappa shape index (κ1) is 18.1. The van der Waals surface area contributed by atoms with Gasteiger partial charge in [-0.1, -0.05) is 40.7 Å². The van der Waals surface area contributed by atoms with E-state index in [1.54, 1.807) is 24.3 Å². The van der Waals surface area contributed by atoms with Gasteiger partial charge in [0.15, 0.2) is 0 Å². The number of benzene rings is 2. The molecule has 0 bridgehead atoms. The zero-order valence-electron chi connectivity index (χ0n) is 14.0. The van der Waals surface area contributed by atoms with Crippen molar-refractivity contribution in [3.05, 3.63) is 81.6 Å². The molecule has 0 saturated carbocycles. The molecule has 0 spiro atoms. The number of hydrogen-bond acceptors (Lipinski definition) is 3. The Hall–Kier alpha value is -2.73. The fraction of sp³-hybridized carbons (Fsp3) is 0.100. The number of carbonyl (C=O) groups is 2. The van der Waals surface area contributed by atoms with E-state index in [4.69, 9.17) is 4.74 Å². The number of hydrogen-bond donors (Lipinski definition) is 0. The maximum Gasteiger partial charge on any atom is 0.335 e. The highest BCUT2D eigenvalue weighted by atomic mass is 79.9. The van der Waals surface area contributed by atoms with Crippen molar-refractivity contribution >= 4 is 39.6 Å². The minimum Gasteiger partial charge on any atom is -0.466 e. The molecule has 1 aliphatic heterocycles. The molecule has 0 N–H and O–H groups in total. The first-order valence-corrected chi connectivity index (χ1v) is 8.55. The van der Waals surface area contributed by atoms with E-state index in [1.807, 2.05) is 6.07 Å². The molecule has 1 aliphatic rings. The van der Waals surface area contributed by atoms with E-state index in [-0.39, 0.29) is 18.0 Å². The quantitative estimate of drug-likeness (QED) is 0.553. The van der Waals surface area contributed by atoms with Crippen LogP contribution in [0.5, 0.6) is 0 Å². The summed E-state index contributed by atoms with van der Waals surface area (Å²) in [5.74, 6) is -1.27. The maximum atomic E-state index is 13.5. The number of fused-ring (bicyclic) bond motifs is 1. The molecule has 3 rings (SSSR count). The largest absolute Gasteiger partial charge is 0.466 e. The average Bonchev–Trinajstić information content (AvgIpc) is 2.88. The van der Waals surface area contributed by atoms with Crippen molar-refractivity contribution < 1.29 is 18.7 Å². The van der Waals surface area contributed by atoms with Crippen LogP contribution in [-0.2, 0) is 9.53 Å². The van der Waals surface area contributed by atoms with Gasteiger partial charge >= 0.3 is 5.97 Å². The molecule has 0 aliphatic carbocycles. The molecule has 0 saturated heterocycles. The summed E-state index contributed by atoms with van der Waals surface area (Å²) in [6, 6.07) is 11.3. The lowest BCUT2D eigenvalue weighted by molar-refractivity contribution is -0.136. The third-order valence-corrected chi connectivity index (χ3v) is 4.83. The Bertz CT molecular complexity index is 917. The van der Waals surface area contributed by atoms with Gasteiger partial charge in [0.25, 0.3) is 5.91 Å². The van der Waals surface area contributed by atoms with Crippen LogP contribution in [0.1, 0.15) is 21.5 Å². The van der Waals surface area contributed by atoms with Crippen LogP contribution in [0, 0.1) is 5.82 Å². The van der Waals surface area contributed by atoms with E-state index in [2.05, 4.69) is 22.5 Å². The molecule has 1 amide bonds. The third-order valence-electron chi connectivity index (χ3n) is 4.10. The molecule has 2 aromatic rings. The number of methoxy groups -OCH3 is 1. The van der Waals surface area contributed by atoms with Crippen LogP contribution in [0.15, 0.2) is 59.1 Å². The number of nitrogens with zero attached hydrogens (tertiary/aromatic N) is 1. The predicted octanol–water partition coefficient (Wildman–Crippen LogP) is 4.27. The lowest BCUT2D eigenvalue weighted by Gasteiger charge is -2.18. The van der Waals surface area contributed by atoms with Crippen molar-refractivity contribution in [2.75, 3.05) is 13.7 Å². The van der Waals surface area contributed by atoms with E-state index in [9.17, 15) is 14.0 Å². The molecule has 2 aromatic carbocycles. The monoisotopic (exact) mass is 415 g/mol. The molecule has 26 heavy (non-hydrogen) atoms. The molecule has 6 heteroatoms. The first-order chi connectivity index (χ1) is 12.4. The van der Waals surface area contributed by atoms with E-state index < -0.39 is 11.8 Å². The Morgan fingerprint density at radius 1 is 1.27 bits per heavy atom. The second kappa shape index (κ2) is 7.25. The van der Waals surface area contributed by atoms with Crippen molar-refractivity contribution in [3.63, 3.8) is 0 Å². The van der Waals surface area contributed by atoms with E-state index in [1.165, 1.54) is 30.2 Å². The second-order valence-corrected chi connectivity index (χ2v) is 6.56. The van der Waals surface area contributed by atoms with Gasteiger partial charge in [0.2, 0.25) is 0 Å².